The van der Waals surface area contributed by atoms with Crippen molar-refractivity contribution in [2.45, 2.75) is 37.8 Å². The summed E-state index contributed by atoms with van der Waals surface area (Å²) in [7, 11) is 1.52. The zero-order valence-corrected chi connectivity index (χ0v) is 15.5. The summed E-state index contributed by atoms with van der Waals surface area (Å²) in [4.78, 5) is 4.31. The molecule has 1 fully saturated rings. The van der Waals surface area contributed by atoms with Crippen LogP contribution in [0.5, 0.6) is 5.75 Å². The molecule has 1 aliphatic carbocycles. The van der Waals surface area contributed by atoms with E-state index in [-0.39, 0.29) is 5.82 Å². The summed E-state index contributed by atoms with van der Waals surface area (Å²) in [5.41, 5.74) is 7.59. The molecule has 1 heterocycles. The predicted molar refractivity (Wildman–Crippen MR) is 106 cm³/mol. The van der Waals surface area contributed by atoms with E-state index in [1.54, 1.807) is 12.3 Å². The van der Waals surface area contributed by atoms with Crippen molar-refractivity contribution in [1.82, 2.24) is 10.3 Å². The monoisotopic (exact) mass is 374 g/mol. The van der Waals surface area contributed by atoms with Gasteiger partial charge in [-0.25, -0.2) is 9.37 Å². The maximum absolute atomic E-state index is 13.4. The van der Waals surface area contributed by atoms with Crippen LogP contribution in [0.4, 0.5) is 10.2 Å². The Labute approximate surface area is 158 Å². The third-order valence-corrected chi connectivity index (χ3v) is 4.80. The zero-order chi connectivity index (χ0) is 18.5. The van der Waals surface area contributed by atoms with Crippen molar-refractivity contribution in [3.63, 3.8) is 0 Å². The Balaban J connectivity index is 1.69. The average molecular weight is 374 g/mol. The van der Waals surface area contributed by atoms with Gasteiger partial charge in [-0.2, -0.15) is 0 Å². The SMILES string of the molecule is COc1cc(F)ccc1-c1ccnc(NC(=S)NC2CCC(N)CC2)c1. The van der Waals surface area contributed by atoms with Gasteiger partial charge in [0.15, 0.2) is 5.11 Å². The molecule has 0 bridgehead atoms. The number of aromatic nitrogens is 1. The topological polar surface area (TPSA) is 72.2 Å². The molecule has 0 radical (unpaired) electrons. The number of methoxy groups -OCH3 is 1. The van der Waals surface area contributed by atoms with Gasteiger partial charge in [-0.05, 0) is 67.7 Å². The van der Waals surface area contributed by atoms with E-state index in [0.29, 0.717) is 28.8 Å². The Morgan fingerprint density at radius 3 is 2.73 bits per heavy atom. The number of hydrogen-bond acceptors (Lipinski definition) is 4. The molecule has 1 aromatic carbocycles. The second-order valence-electron chi connectivity index (χ2n) is 6.48. The van der Waals surface area contributed by atoms with Crippen LogP contribution in [0, 0.1) is 5.82 Å². The van der Waals surface area contributed by atoms with E-state index < -0.39 is 0 Å². The fraction of sp³-hybridized carbons (Fsp3) is 0.368. The van der Waals surface area contributed by atoms with Crippen molar-refractivity contribution in [1.29, 1.82) is 0 Å². The number of benzene rings is 1. The summed E-state index contributed by atoms with van der Waals surface area (Å²) in [6.07, 6.45) is 5.74. The molecule has 0 aliphatic heterocycles. The van der Waals surface area contributed by atoms with Crippen LogP contribution < -0.4 is 21.1 Å². The number of anilines is 1. The minimum Gasteiger partial charge on any atom is -0.496 e. The molecule has 0 saturated heterocycles. The van der Waals surface area contributed by atoms with Gasteiger partial charge in [-0.1, -0.05) is 0 Å². The van der Waals surface area contributed by atoms with Gasteiger partial charge in [-0.3, -0.25) is 0 Å². The molecule has 0 amide bonds. The van der Waals surface area contributed by atoms with E-state index in [0.717, 1.165) is 36.8 Å². The zero-order valence-electron chi connectivity index (χ0n) is 14.7. The molecule has 3 rings (SSSR count). The summed E-state index contributed by atoms with van der Waals surface area (Å²) >= 11 is 5.40. The Bertz CT molecular complexity index is 778. The molecule has 1 aromatic heterocycles. The van der Waals surface area contributed by atoms with Crippen LogP contribution in [-0.4, -0.2) is 29.3 Å². The summed E-state index contributed by atoms with van der Waals surface area (Å²) < 4.78 is 18.7. The number of rotatable bonds is 4. The Morgan fingerprint density at radius 2 is 2.00 bits per heavy atom. The van der Waals surface area contributed by atoms with Crippen LogP contribution in [0.2, 0.25) is 0 Å². The van der Waals surface area contributed by atoms with Gasteiger partial charge >= 0.3 is 0 Å². The Morgan fingerprint density at radius 1 is 1.23 bits per heavy atom. The number of ether oxygens (including phenoxy) is 1. The predicted octanol–water partition coefficient (Wildman–Crippen LogP) is 3.45. The quantitative estimate of drug-likeness (QED) is 0.712. The maximum atomic E-state index is 13.4. The minimum absolute atomic E-state index is 0.304. The number of hydrogen-bond donors (Lipinski definition) is 3. The first-order valence-electron chi connectivity index (χ1n) is 8.68. The lowest BCUT2D eigenvalue weighted by atomic mass is 9.92. The van der Waals surface area contributed by atoms with Crippen molar-refractivity contribution in [3.8, 4) is 16.9 Å². The lowest BCUT2D eigenvalue weighted by molar-refractivity contribution is 0.374. The first-order chi connectivity index (χ1) is 12.5. The van der Waals surface area contributed by atoms with Crippen LogP contribution in [-0.2, 0) is 0 Å². The number of nitrogens with one attached hydrogen (secondary N) is 2. The molecule has 1 aliphatic rings. The first kappa shape index (κ1) is 18.5. The molecular formula is C19H23FN4OS. The summed E-state index contributed by atoms with van der Waals surface area (Å²) in [5.74, 6) is 0.760. The van der Waals surface area contributed by atoms with Gasteiger partial charge in [0, 0.05) is 29.9 Å². The summed E-state index contributed by atoms with van der Waals surface area (Å²) in [5, 5.41) is 6.99. The van der Waals surface area contributed by atoms with Crippen molar-refractivity contribution >= 4 is 23.1 Å². The number of thiocarbonyl (C=S) groups is 1. The second-order valence-corrected chi connectivity index (χ2v) is 6.89. The third-order valence-electron chi connectivity index (χ3n) is 4.58. The molecule has 0 spiro atoms. The minimum atomic E-state index is -0.337. The van der Waals surface area contributed by atoms with Gasteiger partial charge in [0.25, 0.3) is 0 Å². The molecular weight excluding hydrogens is 351 g/mol. The van der Waals surface area contributed by atoms with Crippen LogP contribution in [0.3, 0.4) is 0 Å². The van der Waals surface area contributed by atoms with Gasteiger partial charge in [0.1, 0.15) is 17.4 Å². The summed E-state index contributed by atoms with van der Waals surface area (Å²) in [6, 6.07) is 8.82. The van der Waals surface area contributed by atoms with Gasteiger partial charge < -0.3 is 21.1 Å². The van der Waals surface area contributed by atoms with Crippen molar-refractivity contribution in [3.05, 3.63) is 42.3 Å². The molecule has 26 heavy (non-hydrogen) atoms. The highest BCUT2D eigenvalue weighted by Crippen LogP contribution is 2.31. The van der Waals surface area contributed by atoms with Gasteiger partial charge in [-0.15, -0.1) is 0 Å². The lowest BCUT2D eigenvalue weighted by Crippen LogP contribution is -2.42. The lowest BCUT2D eigenvalue weighted by Gasteiger charge is -2.27. The van der Waals surface area contributed by atoms with E-state index in [4.69, 9.17) is 22.7 Å². The van der Waals surface area contributed by atoms with Gasteiger partial charge in [0.05, 0.1) is 7.11 Å². The smallest absolute Gasteiger partial charge is 0.172 e. The Hall–Kier alpha value is -2.25. The maximum Gasteiger partial charge on any atom is 0.172 e. The van der Waals surface area contributed by atoms with E-state index in [1.807, 2.05) is 12.1 Å². The van der Waals surface area contributed by atoms with E-state index >= 15 is 0 Å². The fourth-order valence-corrected chi connectivity index (χ4v) is 3.44. The number of nitrogens with two attached hydrogens (primary N) is 1. The van der Waals surface area contributed by atoms with Crippen molar-refractivity contribution in [2.24, 2.45) is 5.73 Å². The molecule has 2 aromatic rings. The summed E-state index contributed by atoms with van der Waals surface area (Å²) in [6.45, 7) is 0. The first-order valence-corrected chi connectivity index (χ1v) is 9.09. The van der Waals surface area contributed by atoms with Crippen LogP contribution in [0.25, 0.3) is 11.1 Å². The van der Waals surface area contributed by atoms with Crippen LogP contribution in [0.15, 0.2) is 36.5 Å². The number of nitrogens with zero attached hydrogens (tertiary/aromatic N) is 1. The standard InChI is InChI=1S/C19H23FN4OS/c1-25-17-11-13(20)2-7-16(17)12-8-9-22-18(10-12)24-19(26)23-15-5-3-14(21)4-6-15/h2,7-11,14-15H,3-6,21H2,1H3,(H2,22,23,24,26). The van der Waals surface area contributed by atoms with E-state index in [1.165, 1.54) is 19.2 Å². The molecule has 7 heteroatoms. The van der Waals surface area contributed by atoms with Crippen LogP contribution >= 0.6 is 12.2 Å². The Kier molecular flexibility index (Phi) is 6.00. The highest BCUT2D eigenvalue weighted by atomic mass is 32.1. The van der Waals surface area contributed by atoms with Crippen molar-refractivity contribution < 1.29 is 9.13 Å². The highest BCUT2D eigenvalue weighted by molar-refractivity contribution is 7.80. The van der Waals surface area contributed by atoms with E-state index in [2.05, 4.69) is 15.6 Å². The van der Waals surface area contributed by atoms with E-state index in [9.17, 15) is 4.39 Å². The average Bonchev–Trinajstić information content (AvgIpc) is 2.63. The molecule has 1 saturated carbocycles. The third kappa shape index (κ3) is 4.68. The van der Waals surface area contributed by atoms with Crippen LogP contribution in [0.1, 0.15) is 25.7 Å². The molecule has 0 unspecified atom stereocenters. The van der Waals surface area contributed by atoms with Crippen molar-refractivity contribution in [2.75, 3.05) is 12.4 Å². The molecule has 0 atom stereocenters. The highest BCUT2D eigenvalue weighted by Gasteiger charge is 2.19. The molecule has 138 valence electrons. The largest absolute Gasteiger partial charge is 0.496 e. The fourth-order valence-electron chi connectivity index (χ4n) is 3.17. The molecule has 5 nitrogen and oxygen atoms in total. The molecule has 4 N–H and O–H groups in total. The second kappa shape index (κ2) is 8.42. The normalized spacial score (nSPS) is 19.7. The number of halogens is 1. The number of pyridine rings is 1. The van der Waals surface area contributed by atoms with Gasteiger partial charge in [0.2, 0.25) is 0 Å².